The second kappa shape index (κ2) is 20.9. The molecule has 0 saturated carbocycles. The lowest BCUT2D eigenvalue weighted by Crippen LogP contribution is -2.44. The Bertz CT molecular complexity index is 2700. The van der Waals surface area contributed by atoms with Gasteiger partial charge in [0.15, 0.2) is 24.3 Å². The molecule has 5 aromatic rings. The van der Waals surface area contributed by atoms with Crippen LogP contribution in [0.4, 0.5) is 0 Å². The highest BCUT2D eigenvalue weighted by Gasteiger charge is 2.57. The van der Waals surface area contributed by atoms with Crippen molar-refractivity contribution in [2.45, 2.75) is 75.8 Å². The number of ether oxygens (including phenoxy) is 6. The monoisotopic (exact) mass is 939 g/mol. The normalized spacial score (nSPS) is 26.5. The summed E-state index contributed by atoms with van der Waals surface area (Å²) >= 11 is 0. The molecule has 0 aliphatic carbocycles. The van der Waals surface area contributed by atoms with Crippen molar-refractivity contribution < 1.29 is 60.2 Å². The summed E-state index contributed by atoms with van der Waals surface area (Å²) in [5.41, 5.74) is -1.17. The van der Waals surface area contributed by atoms with Gasteiger partial charge in [0.25, 0.3) is 11.1 Å². The molecule has 2 unspecified atom stereocenters. The van der Waals surface area contributed by atoms with Gasteiger partial charge in [0, 0.05) is 43.3 Å². The van der Waals surface area contributed by atoms with Crippen molar-refractivity contribution in [1.29, 1.82) is 0 Å². The predicted molar refractivity (Wildman–Crippen MR) is 226 cm³/mol. The molecule has 0 spiro atoms. The molecule has 10 atom stereocenters. The first-order chi connectivity index (χ1) is 31.6. The molecule has 3 aliphatic rings. The minimum Gasteiger partial charge on any atom is -0.374 e. The molecular formula is C42H45N4O17P2+. The first kappa shape index (κ1) is 46.3. The van der Waals surface area contributed by atoms with Crippen LogP contribution in [0.1, 0.15) is 23.6 Å². The van der Waals surface area contributed by atoms with Crippen LogP contribution in [0.5, 0.6) is 5.75 Å². The third kappa shape index (κ3) is 10.6. The predicted octanol–water partition coefficient (Wildman–Crippen LogP) is 3.87. The molecule has 3 fully saturated rings. The van der Waals surface area contributed by atoms with Crippen LogP contribution >= 0.6 is 16.1 Å². The summed E-state index contributed by atoms with van der Waals surface area (Å²) in [6, 6.07) is 28.9. The summed E-state index contributed by atoms with van der Waals surface area (Å²) in [7, 11) is -4.77. The third-order valence-corrected chi connectivity index (χ3v) is 12.9. The number of methoxy groups -OCH3 is 2. The minimum atomic E-state index is -4.51. The van der Waals surface area contributed by atoms with Crippen LogP contribution in [-0.4, -0.2) is 82.3 Å². The molecule has 0 N–H and O–H groups in total. The van der Waals surface area contributed by atoms with Crippen molar-refractivity contribution in [3.63, 3.8) is 0 Å². The van der Waals surface area contributed by atoms with Gasteiger partial charge in [-0.2, -0.15) is 0 Å². The van der Waals surface area contributed by atoms with Crippen LogP contribution in [0.25, 0.3) is 0 Å². The highest BCUT2D eigenvalue weighted by atomic mass is 31.2. The molecule has 65 heavy (non-hydrogen) atoms. The van der Waals surface area contributed by atoms with Gasteiger partial charge in [0.05, 0.1) is 26.4 Å². The fourth-order valence-corrected chi connectivity index (χ4v) is 9.70. The van der Waals surface area contributed by atoms with Gasteiger partial charge < -0.3 is 28.4 Å². The summed E-state index contributed by atoms with van der Waals surface area (Å²) in [4.78, 5) is 53.2. The van der Waals surface area contributed by atoms with Crippen molar-refractivity contribution in [2.24, 2.45) is 0 Å². The third-order valence-electron chi connectivity index (χ3n) is 10.7. The Morgan fingerprint density at radius 3 is 1.74 bits per heavy atom. The Labute approximate surface area is 371 Å². The second-order valence-corrected chi connectivity index (χ2v) is 17.3. The van der Waals surface area contributed by atoms with Crippen LogP contribution < -0.4 is 27.0 Å². The van der Waals surface area contributed by atoms with E-state index in [1.54, 1.807) is 30.3 Å². The van der Waals surface area contributed by atoms with Crippen molar-refractivity contribution in [1.82, 2.24) is 18.3 Å². The summed E-state index contributed by atoms with van der Waals surface area (Å²) in [6.07, 6.45) is -6.88. The SMILES string of the molecule is CO[C@@H]1[C@H](O[P+](=O)Oc2ccccc2)[C@@H](COP2(=O)OC[C@H]3O[C@@H](n4ccc(=O)n(COCc5ccccc5)c4=O)[C@H](OC)[C@@H]3O2)O[C@H]1n1ccc(=O)n(COCc2ccccc2)c1=O. The van der Waals surface area contributed by atoms with E-state index >= 15 is 0 Å². The maximum Gasteiger partial charge on any atom is 0.750 e. The van der Waals surface area contributed by atoms with E-state index < -0.39 is 101 Å². The molecule has 344 valence electrons. The Morgan fingerprint density at radius 1 is 0.677 bits per heavy atom. The van der Waals surface area contributed by atoms with Crippen molar-refractivity contribution in [3.05, 3.63) is 168 Å². The maximum atomic E-state index is 14.2. The zero-order chi connectivity index (χ0) is 45.5. The second-order valence-electron chi connectivity index (χ2n) is 14.8. The first-order valence-electron chi connectivity index (χ1n) is 20.2. The van der Waals surface area contributed by atoms with Crippen LogP contribution in [0, 0.1) is 0 Å². The maximum absolute atomic E-state index is 14.2. The number of benzene rings is 3. The molecule has 2 aromatic heterocycles. The fraction of sp³-hybridized carbons (Fsp3) is 0.381. The van der Waals surface area contributed by atoms with Crippen molar-refractivity contribution in [2.75, 3.05) is 27.4 Å². The van der Waals surface area contributed by atoms with Gasteiger partial charge in [-0.15, -0.1) is 4.52 Å². The van der Waals surface area contributed by atoms with E-state index in [0.717, 1.165) is 35.5 Å². The standard InChI is InChI=1S/C42H45N4O17P2/c1-53-37-35(62-64(51)61-30-16-10-5-11-17-30)31(59-39(37)43-20-18-33(47)45(41(43)49)26-55-22-28-12-6-3-7-13-28)24-57-65(52)58-25-32-36(63-65)38(54-2)40(60-32)44-21-19-34(48)46(42(44)50)27-56-23-29-14-8-4-9-15-29/h3-21,31-32,35-40H,22-27H2,1-2H3/q+1/t31-,32-,35-,36-,37-,38-,39-,40-,65?/m1/s1. The summed E-state index contributed by atoms with van der Waals surface area (Å²) in [5, 5.41) is 0. The van der Waals surface area contributed by atoms with Gasteiger partial charge >= 0.3 is 27.5 Å². The Hall–Kier alpha value is -5.25. The largest absolute Gasteiger partial charge is 0.750 e. The minimum absolute atomic E-state index is 0.119. The molecule has 3 aromatic carbocycles. The first-order valence-corrected chi connectivity index (χ1v) is 22.8. The smallest absolute Gasteiger partial charge is 0.374 e. The Kier molecular flexibility index (Phi) is 14.9. The molecule has 0 bridgehead atoms. The number of phosphoric acid groups is 1. The van der Waals surface area contributed by atoms with Crippen molar-refractivity contribution in [3.8, 4) is 5.75 Å². The van der Waals surface area contributed by atoms with Crippen molar-refractivity contribution >= 4 is 16.1 Å². The highest BCUT2D eigenvalue weighted by Crippen LogP contribution is 2.57. The lowest BCUT2D eigenvalue weighted by molar-refractivity contribution is -0.0855. The topological polar surface area (TPSA) is 224 Å². The van der Waals surface area contributed by atoms with Gasteiger partial charge in [-0.1, -0.05) is 78.9 Å². The molecule has 8 rings (SSSR count). The number of rotatable bonds is 19. The average molecular weight is 940 g/mol. The average Bonchev–Trinajstić information content (AvgIpc) is 3.85. The summed E-state index contributed by atoms with van der Waals surface area (Å²) in [5.74, 6) is 0.231. The van der Waals surface area contributed by atoms with Crippen LogP contribution in [0.2, 0.25) is 0 Å². The lowest BCUT2D eigenvalue weighted by Gasteiger charge is -2.32. The molecule has 23 heteroatoms. The molecule has 3 saturated heterocycles. The zero-order valence-corrected chi connectivity index (χ0v) is 36.7. The Morgan fingerprint density at radius 2 is 1.20 bits per heavy atom. The lowest BCUT2D eigenvalue weighted by atomic mass is 10.1. The molecule has 0 radical (unpaired) electrons. The number of aromatic nitrogens is 4. The number of hydrogen-bond donors (Lipinski definition) is 0. The van der Waals surface area contributed by atoms with E-state index in [-0.39, 0.29) is 32.3 Å². The van der Waals surface area contributed by atoms with Crippen LogP contribution in [0.3, 0.4) is 0 Å². The van der Waals surface area contributed by atoms with E-state index in [1.165, 1.54) is 32.7 Å². The number of para-hydroxylation sites is 1. The number of nitrogens with zero attached hydrogens (tertiary/aromatic N) is 4. The van der Waals surface area contributed by atoms with Crippen LogP contribution in [0.15, 0.2) is 135 Å². The summed E-state index contributed by atoms with van der Waals surface area (Å²) < 4.78 is 95.6. The van der Waals surface area contributed by atoms with Crippen LogP contribution in [-0.2, 0) is 82.3 Å². The number of fused-ring (bicyclic) bond motifs is 1. The van der Waals surface area contributed by atoms with E-state index in [2.05, 4.69) is 0 Å². The number of phosphoric ester groups is 1. The molecule has 21 nitrogen and oxygen atoms in total. The molecular weight excluding hydrogens is 894 g/mol. The Balaban J connectivity index is 0.987. The van der Waals surface area contributed by atoms with Gasteiger partial charge in [-0.25, -0.2) is 27.8 Å². The fourth-order valence-electron chi connectivity index (χ4n) is 7.50. The van der Waals surface area contributed by atoms with E-state index in [9.17, 15) is 28.3 Å². The van der Waals surface area contributed by atoms with Gasteiger partial charge in [-0.3, -0.25) is 32.3 Å². The van der Waals surface area contributed by atoms with E-state index in [4.69, 9.17) is 51.0 Å². The molecule has 0 amide bonds. The van der Waals surface area contributed by atoms with Gasteiger partial charge in [0.1, 0.15) is 44.0 Å². The van der Waals surface area contributed by atoms with Gasteiger partial charge in [0.2, 0.25) is 0 Å². The summed E-state index contributed by atoms with van der Waals surface area (Å²) in [6.45, 7) is -1.41. The zero-order valence-electron chi connectivity index (χ0n) is 35.0. The molecule has 3 aliphatic heterocycles. The number of hydrogen-bond acceptors (Lipinski definition) is 17. The van der Waals surface area contributed by atoms with Gasteiger partial charge in [-0.05, 0) is 23.3 Å². The molecule has 5 heterocycles. The van der Waals surface area contributed by atoms with E-state index in [0.29, 0.717) is 0 Å². The quantitative estimate of drug-likeness (QED) is 0.107. The van der Waals surface area contributed by atoms with E-state index in [1.807, 2.05) is 60.7 Å². The highest BCUT2D eigenvalue weighted by molar-refractivity contribution is 7.48.